The highest BCUT2D eigenvalue weighted by molar-refractivity contribution is 7.92. The van der Waals surface area contributed by atoms with Crippen molar-refractivity contribution in [1.82, 2.24) is 19.9 Å². The number of rotatable bonds is 10. The van der Waals surface area contributed by atoms with E-state index >= 15 is 0 Å². The largest absolute Gasteiger partial charge is 0.493 e. The fraction of sp³-hybridized carbons (Fsp3) is 0.259. The highest BCUT2D eigenvalue weighted by Gasteiger charge is 2.26. The zero-order chi connectivity index (χ0) is 30.5. The van der Waals surface area contributed by atoms with Crippen LogP contribution >= 0.6 is 0 Å². The van der Waals surface area contributed by atoms with Gasteiger partial charge in [0.1, 0.15) is 6.61 Å². The molecule has 2 aromatic carbocycles. The number of hydrogen-bond acceptors (Lipinski definition) is 10. The van der Waals surface area contributed by atoms with Crippen molar-refractivity contribution in [2.75, 3.05) is 25.0 Å². The predicted octanol–water partition coefficient (Wildman–Crippen LogP) is 4.20. The topological polar surface area (TPSA) is 146 Å². The molecule has 0 aliphatic heterocycles. The van der Waals surface area contributed by atoms with Gasteiger partial charge in [-0.15, -0.1) is 0 Å². The van der Waals surface area contributed by atoms with Crippen LogP contribution in [0.1, 0.15) is 30.4 Å². The lowest BCUT2D eigenvalue weighted by Gasteiger charge is -2.20. The molecule has 4 aromatic rings. The molecule has 2 aromatic heterocycles. The van der Waals surface area contributed by atoms with Gasteiger partial charge in [-0.3, -0.25) is 4.72 Å². The van der Waals surface area contributed by atoms with E-state index in [1.54, 1.807) is 44.2 Å². The van der Waals surface area contributed by atoms with Gasteiger partial charge >= 0.3 is 0 Å². The maximum Gasteiger partial charge on any atom is 0.263 e. The van der Waals surface area contributed by atoms with E-state index < -0.39 is 22.3 Å². The molecule has 0 amide bonds. The number of nitrogens with one attached hydrogen (secondary N) is 1. The van der Waals surface area contributed by atoms with Gasteiger partial charge in [-0.25, -0.2) is 23.4 Å². The molecule has 0 radical (unpaired) electrons. The first-order valence-electron chi connectivity index (χ1n) is 13.2. The van der Waals surface area contributed by atoms with E-state index in [-0.39, 0.29) is 53.0 Å². The lowest BCUT2D eigenvalue weighted by Crippen LogP contribution is -2.17. The van der Waals surface area contributed by atoms with Crippen molar-refractivity contribution in [3.05, 3.63) is 72.6 Å². The van der Waals surface area contributed by atoms with Crippen molar-refractivity contribution in [3.63, 3.8) is 0 Å². The number of sulfonamides is 1. The summed E-state index contributed by atoms with van der Waals surface area (Å²) in [5.41, 5.74) is -0.777. The summed E-state index contributed by atoms with van der Waals surface area (Å²) >= 11 is 0. The molecule has 0 aliphatic carbocycles. The highest BCUT2D eigenvalue weighted by atomic mass is 32.2. The van der Waals surface area contributed by atoms with Gasteiger partial charge in [-0.1, -0.05) is 45.0 Å². The minimum absolute atomic E-state index is 0.0758. The van der Waals surface area contributed by atoms with Crippen molar-refractivity contribution in [1.29, 1.82) is 0 Å². The van der Waals surface area contributed by atoms with Crippen LogP contribution in [0.4, 0.5) is 5.82 Å². The smallest absolute Gasteiger partial charge is 0.263 e. The van der Waals surface area contributed by atoms with E-state index in [0.717, 1.165) is 0 Å². The Morgan fingerprint density at radius 3 is 2.31 bits per heavy atom. The molecule has 39 heavy (non-hydrogen) atoms. The Morgan fingerprint density at radius 2 is 1.67 bits per heavy atom. The Kier molecular flexibility index (Phi) is 7.09. The van der Waals surface area contributed by atoms with E-state index in [4.69, 9.17) is 18.3 Å². The number of ether oxygens (including phenoxy) is 3. The van der Waals surface area contributed by atoms with Crippen LogP contribution in [-0.4, -0.2) is 53.8 Å². The SMILES string of the molecule is [2H]C([2H])([2H])C(C)(C)c1ccc(S(=O)(=O)Nc2nc(-c3ncccn3)nc(OCCO)c2Oc2ccccc2OC)cc1. The van der Waals surface area contributed by atoms with E-state index in [9.17, 15) is 13.5 Å². The summed E-state index contributed by atoms with van der Waals surface area (Å²) in [5.74, 6) is -0.176. The number of hydrogen-bond donors (Lipinski definition) is 2. The summed E-state index contributed by atoms with van der Waals surface area (Å²) < 4.78 is 70.1. The molecule has 0 saturated carbocycles. The molecule has 0 spiro atoms. The summed E-state index contributed by atoms with van der Waals surface area (Å²) in [5, 5.41) is 9.41. The Bertz CT molecular complexity index is 1640. The van der Waals surface area contributed by atoms with E-state index in [0.29, 0.717) is 11.3 Å². The number of para-hydroxylation sites is 2. The number of benzene rings is 2. The molecule has 0 saturated heterocycles. The van der Waals surface area contributed by atoms with Crippen LogP contribution in [0.2, 0.25) is 0 Å². The molecule has 0 unspecified atom stereocenters. The van der Waals surface area contributed by atoms with Crippen LogP contribution in [0.5, 0.6) is 23.1 Å². The second kappa shape index (κ2) is 11.6. The Balaban J connectivity index is 1.83. The monoisotopic (exact) mass is 554 g/mol. The molecule has 0 atom stereocenters. The fourth-order valence-corrected chi connectivity index (χ4v) is 4.40. The molecule has 0 fully saturated rings. The van der Waals surface area contributed by atoms with Gasteiger partial charge in [0.25, 0.3) is 15.9 Å². The van der Waals surface area contributed by atoms with Gasteiger partial charge in [0.05, 0.1) is 18.6 Å². The number of aromatic nitrogens is 4. The van der Waals surface area contributed by atoms with Crippen LogP contribution in [-0.2, 0) is 15.4 Å². The third-order valence-electron chi connectivity index (χ3n) is 5.33. The van der Waals surface area contributed by atoms with Gasteiger partial charge in [0.2, 0.25) is 11.6 Å². The second-order valence-corrected chi connectivity index (χ2v) is 10.4. The standard InChI is InChI=1S/C27H29N5O6S/c1-27(2,3)18-10-12-19(13-11-18)39(34,35)32-23-22(38-21-9-6-5-8-20(21)36-4)26(37-17-16-33)31-25(30-23)24-28-14-7-15-29-24/h5-15,33H,16-17H2,1-4H3,(H,30,31,32)/i1D3. The molecule has 12 heteroatoms. The third-order valence-corrected chi connectivity index (χ3v) is 6.68. The molecule has 0 aliphatic rings. The first kappa shape index (κ1) is 23.8. The summed E-state index contributed by atoms with van der Waals surface area (Å²) in [6, 6.07) is 13.7. The van der Waals surface area contributed by atoms with Crippen molar-refractivity contribution < 1.29 is 31.8 Å². The first-order valence-corrected chi connectivity index (χ1v) is 13.2. The molecule has 2 N–H and O–H groups in total. The maximum absolute atomic E-state index is 13.6. The Labute approximate surface area is 231 Å². The summed E-state index contributed by atoms with van der Waals surface area (Å²) in [6.07, 6.45) is 2.93. The van der Waals surface area contributed by atoms with E-state index in [1.807, 2.05) is 0 Å². The van der Waals surface area contributed by atoms with Crippen molar-refractivity contribution >= 4 is 15.8 Å². The Hall–Kier alpha value is -4.29. The average Bonchev–Trinajstić information content (AvgIpc) is 2.97. The van der Waals surface area contributed by atoms with Gasteiger partial charge in [-0.05, 0) is 41.3 Å². The minimum Gasteiger partial charge on any atom is -0.493 e. The van der Waals surface area contributed by atoms with Crippen LogP contribution in [0, 0.1) is 0 Å². The van der Waals surface area contributed by atoms with Crippen LogP contribution in [0.25, 0.3) is 11.6 Å². The molecule has 11 nitrogen and oxygen atoms in total. The quantitative estimate of drug-likeness (QED) is 0.292. The number of aliphatic hydroxyl groups excluding tert-OH is 1. The average molecular weight is 555 g/mol. The first-order chi connectivity index (χ1) is 19.9. The van der Waals surface area contributed by atoms with Crippen LogP contribution < -0.4 is 18.9 Å². The lowest BCUT2D eigenvalue weighted by molar-refractivity contribution is 0.192. The molecule has 2 heterocycles. The number of nitrogens with zero attached hydrogens (tertiary/aromatic N) is 4. The molecular weight excluding hydrogens is 522 g/mol. The minimum atomic E-state index is -4.32. The summed E-state index contributed by atoms with van der Waals surface area (Å²) in [4.78, 5) is 16.8. The molecule has 0 bridgehead atoms. The third kappa shape index (κ3) is 6.59. The summed E-state index contributed by atoms with van der Waals surface area (Å²) in [6.45, 7) is 0.255. The fourth-order valence-electron chi connectivity index (χ4n) is 3.40. The van der Waals surface area contributed by atoms with Crippen molar-refractivity contribution in [2.45, 2.75) is 31.0 Å². The molecule has 204 valence electrons. The second-order valence-electron chi connectivity index (χ2n) is 8.68. The zero-order valence-corrected chi connectivity index (χ0v) is 22.3. The normalized spacial score (nSPS) is 13.1. The number of aliphatic hydroxyl groups is 1. The van der Waals surface area contributed by atoms with Crippen molar-refractivity contribution in [3.8, 4) is 34.8 Å². The summed E-state index contributed by atoms with van der Waals surface area (Å²) in [7, 11) is -2.87. The van der Waals surface area contributed by atoms with Gasteiger partial charge in [-0.2, -0.15) is 4.98 Å². The Morgan fingerprint density at radius 1 is 0.974 bits per heavy atom. The van der Waals surface area contributed by atoms with Crippen LogP contribution in [0.3, 0.4) is 0 Å². The van der Waals surface area contributed by atoms with Gasteiger partial charge < -0.3 is 19.3 Å². The van der Waals surface area contributed by atoms with Crippen LogP contribution in [0.15, 0.2) is 71.9 Å². The molecular formula is C27H29N5O6S. The molecule has 4 rings (SSSR count). The van der Waals surface area contributed by atoms with Gasteiger partial charge in [0.15, 0.2) is 23.1 Å². The number of anilines is 1. The highest BCUT2D eigenvalue weighted by Crippen LogP contribution is 2.41. The van der Waals surface area contributed by atoms with E-state index in [1.165, 1.54) is 43.8 Å². The van der Waals surface area contributed by atoms with E-state index in [2.05, 4.69) is 24.7 Å². The zero-order valence-electron chi connectivity index (χ0n) is 24.5. The number of methoxy groups -OCH3 is 1. The van der Waals surface area contributed by atoms with Gasteiger partial charge in [0, 0.05) is 16.5 Å². The predicted molar refractivity (Wildman–Crippen MR) is 145 cm³/mol. The lowest BCUT2D eigenvalue weighted by atomic mass is 9.87. The van der Waals surface area contributed by atoms with Crippen molar-refractivity contribution in [2.24, 2.45) is 0 Å². The maximum atomic E-state index is 13.6.